The molecule has 25 heavy (non-hydrogen) atoms. The number of carbonyl (C=O) groups excluding carboxylic acids is 2. The van der Waals surface area contributed by atoms with Crippen LogP contribution in [-0.4, -0.2) is 29.1 Å². The lowest BCUT2D eigenvalue weighted by molar-refractivity contribution is 0.0993. The third-order valence-electron chi connectivity index (χ3n) is 3.77. The summed E-state index contributed by atoms with van der Waals surface area (Å²) in [5.74, 6) is -0.0550. The SMILES string of the molecule is Cc1cc(NC(=O)c2cccc(C(=O)N(C)c3ccccc3)c2)n[nH]1. The second-order valence-electron chi connectivity index (χ2n) is 5.67. The van der Waals surface area contributed by atoms with E-state index in [0.717, 1.165) is 11.4 Å². The van der Waals surface area contributed by atoms with Gasteiger partial charge >= 0.3 is 0 Å². The van der Waals surface area contributed by atoms with E-state index in [0.29, 0.717) is 16.9 Å². The number of aromatic amines is 1. The Kier molecular flexibility index (Phi) is 4.61. The van der Waals surface area contributed by atoms with Gasteiger partial charge in [0, 0.05) is 35.6 Å². The van der Waals surface area contributed by atoms with Crippen LogP contribution in [0.2, 0.25) is 0 Å². The minimum absolute atomic E-state index is 0.184. The summed E-state index contributed by atoms with van der Waals surface area (Å²) in [6, 6.07) is 17.7. The Bertz CT molecular complexity index is 903. The first-order valence-corrected chi connectivity index (χ1v) is 7.81. The Labute approximate surface area is 145 Å². The number of nitrogens with zero attached hydrogens (tertiary/aromatic N) is 2. The normalized spacial score (nSPS) is 10.3. The molecule has 0 radical (unpaired) electrons. The Balaban J connectivity index is 1.79. The molecule has 1 aromatic heterocycles. The molecule has 2 N–H and O–H groups in total. The minimum atomic E-state index is -0.316. The molecule has 0 atom stereocenters. The lowest BCUT2D eigenvalue weighted by Gasteiger charge is -2.17. The highest BCUT2D eigenvalue weighted by Gasteiger charge is 2.15. The van der Waals surface area contributed by atoms with Gasteiger partial charge in [-0.05, 0) is 37.3 Å². The molecule has 6 nitrogen and oxygen atoms in total. The molecule has 6 heteroatoms. The molecule has 1 heterocycles. The zero-order valence-electron chi connectivity index (χ0n) is 14.0. The standard InChI is InChI=1S/C19H18N4O2/c1-13-11-17(22-21-13)20-18(24)14-7-6-8-15(12-14)19(25)23(2)16-9-4-3-5-10-16/h3-12H,1-2H3,(H2,20,21,22,24). The van der Waals surface area contributed by atoms with Gasteiger partial charge in [-0.3, -0.25) is 14.7 Å². The minimum Gasteiger partial charge on any atom is -0.311 e. The van der Waals surface area contributed by atoms with Gasteiger partial charge in [-0.2, -0.15) is 5.10 Å². The summed E-state index contributed by atoms with van der Waals surface area (Å²) in [5.41, 5.74) is 2.48. The maximum atomic E-state index is 12.7. The zero-order valence-corrected chi connectivity index (χ0v) is 14.0. The van der Waals surface area contributed by atoms with Crippen LogP contribution in [0.15, 0.2) is 60.7 Å². The van der Waals surface area contributed by atoms with Crippen LogP contribution in [0.4, 0.5) is 11.5 Å². The molecule has 0 spiro atoms. The summed E-state index contributed by atoms with van der Waals surface area (Å²) >= 11 is 0. The van der Waals surface area contributed by atoms with E-state index in [-0.39, 0.29) is 11.8 Å². The van der Waals surface area contributed by atoms with Gasteiger partial charge in [0.05, 0.1) is 0 Å². The van der Waals surface area contributed by atoms with Crippen molar-refractivity contribution in [3.63, 3.8) is 0 Å². The van der Waals surface area contributed by atoms with Crippen molar-refractivity contribution in [2.45, 2.75) is 6.92 Å². The molecular formula is C19H18N4O2. The highest BCUT2D eigenvalue weighted by Crippen LogP contribution is 2.16. The molecule has 126 valence electrons. The molecule has 0 aliphatic rings. The van der Waals surface area contributed by atoms with E-state index in [1.54, 1.807) is 42.3 Å². The maximum absolute atomic E-state index is 12.7. The van der Waals surface area contributed by atoms with Crippen LogP contribution in [0, 0.1) is 6.92 Å². The van der Waals surface area contributed by atoms with Gasteiger partial charge in [-0.1, -0.05) is 24.3 Å². The summed E-state index contributed by atoms with van der Waals surface area (Å²) in [5, 5.41) is 9.44. The molecule has 3 aromatic rings. The van der Waals surface area contributed by atoms with Crippen LogP contribution in [0.3, 0.4) is 0 Å². The van der Waals surface area contributed by atoms with E-state index in [2.05, 4.69) is 15.5 Å². The van der Waals surface area contributed by atoms with Crippen LogP contribution in [0.5, 0.6) is 0 Å². The first-order valence-electron chi connectivity index (χ1n) is 7.81. The number of H-pyrrole nitrogens is 1. The Morgan fingerprint density at radius 2 is 1.72 bits per heavy atom. The van der Waals surface area contributed by atoms with Crippen molar-refractivity contribution >= 4 is 23.3 Å². The van der Waals surface area contributed by atoms with Crippen molar-refractivity contribution < 1.29 is 9.59 Å². The number of benzene rings is 2. The average Bonchev–Trinajstić information content (AvgIpc) is 3.06. The monoisotopic (exact) mass is 334 g/mol. The van der Waals surface area contributed by atoms with Gasteiger partial charge < -0.3 is 10.2 Å². The quantitative estimate of drug-likeness (QED) is 0.769. The summed E-state index contributed by atoms with van der Waals surface area (Å²) in [7, 11) is 1.71. The molecular weight excluding hydrogens is 316 g/mol. The van der Waals surface area contributed by atoms with Gasteiger partial charge in [-0.25, -0.2) is 0 Å². The van der Waals surface area contributed by atoms with E-state index < -0.39 is 0 Å². The van der Waals surface area contributed by atoms with Crippen molar-refractivity contribution in [3.8, 4) is 0 Å². The number of rotatable bonds is 4. The number of amides is 2. The number of aryl methyl sites for hydroxylation is 1. The average molecular weight is 334 g/mol. The third kappa shape index (κ3) is 3.74. The molecule has 2 aromatic carbocycles. The molecule has 0 saturated carbocycles. The predicted octanol–water partition coefficient (Wildman–Crippen LogP) is 3.25. The van der Waals surface area contributed by atoms with Gasteiger partial charge in [-0.15, -0.1) is 0 Å². The molecule has 0 aliphatic carbocycles. The van der Waals surface area contributed by atoms with E-state index in [4.69, 9.17) is 0 Å². The lowest BCUT2D eigenvalue weighted by atomic mass is 10.1. The van der Waals surface area contributed by atoms with Crippen LogP contribution < -0.4 is 10.2 Å². The van der Waals surface area contributed by atoms with Gasteiger partial charge in [0.25, 0.3) is 11.8 Å². The molecule has 0 unspecified atom stereocenters. The van der Waals surface area contributed by atoms with Crippen molar-refractivity contribution in [3.05, 3.63) is 77.5 Å². The number of aromatic nitrogens is 2. The van der Waals surface area contributed by atoms with Crippen LogP contribution in [-0.2, 0) is 0 Å². The van der Waals surface area contributed by atoms with E-state index in [1.807, 2.05) is 37.3 Å². The molecule has 3 rings (SSSR count). The van der Waals surface area contributed by atoms with Crippen LogP contribution in [0.25, 0.3) is 0 Å². The molecule has 0 bridgehead atoms. The fraction of sp³-hybridized carbons (Fsp3) is 0.105. The van der Waals surface area contributed by atoms with Crippen molar-refractivity contribution in [2.24, 2.45) is 0 Å². The number of nitrogens with one attached hydrogen (secondary N) is 2. The van der Waals surface area contributed by atoms with E-state index in [9.17, 15) is 9.59 Å². The lowest BCUT2D eigenvalue weighted by Crippen LogP contribution is -2.26. The topological polar surface area (TPSA) is 78.1 Å². The largest absolute Gasteiger partial charge is 0.311 e. The summed E-state index contributed by atoms with van der Waals surface area (Å²) in [4.78, 5) is 26.6. The summed E-state index contributed by atoms with van der Waals surface area (Å²) in [6.07, 6.45) is 0. The summed E-state index contributed by atoms with van der Waals surface area (Å²) < 4.78 is 0. The number of hydrogen-bond acceptors (Lipinski definition) is 3. The van der Waals surface area contributed by atoms with E-state index >= 15 is 0 Å². The molecule has 0 aliphatic heterocycles. The smallest absolute Gasteiger partial charge is 0.258 e. The fourth-order valence-electron chi connectivity index (χ4n) is 2.43. The molecule has 0 fully saturated rings. The van der Waals surface area contributed by atoms with Gasteiger partial charge in [0.2, 0.25) is 0 Å². The highest BCUT2D eigenvalue weighted by atomic mass is 16.2. The Morgan fingerprint density at radius 1 is 1.00 bits per heavy atom. The Morgan fingerprint density at radius 3 is 2.40 bits per heavy atom. The predicted molar refractivity (Wildman–Crippen MR) is 96.9 cm³/mol. The number of para-hydroxylation sites is 1. The first kappa shape index (κ1) is 16.4. The van der Waals surface area contributed by atoms with E-state index in [1.165, 1.54) is 0 Å². The van der Waals surface area contributed by atoms with Crippen LogP contribution >= 0.6 is 0 Å². The highest BCUT2D eigenvalue weighted by molar-refractivity contribution is 6.09. The number of carbonyl (C=O) groups is 2. The molecule has 2 amide bonds. The van der Waals surface area contributed by atoms with Gasteiger partial charge in [0.1, 0.15) is 0 Å². The third-order valence-corrected chi connectivity index (χ3v) is 3.77. The van der Waals surface area contributed by atoms with Crippen molar-refractivity contribution in [1.29, 1.82) is 0 Å². The maximum Gasteiger partial charge on any atom is 0.258 e. The van der Waals surface area contributed by atoms with Crippen molar-refractivity contribution in [2.75, 3.05) is 17.3 Å². The first-order chi connectivity index (χ1) is 12.0. The second-order valence-corrected chi connectivity index (χ2v) is 5.67. The number of hydrogen-bond donors (Lipinski definition) is 2. The van der Waals surface area contributed by atoms with Gasteiger partial charge in [0.15, 0.2) is 5.82 Å². The zero-order chi connectivity index (χ0) is 17.8. The van der Waals surface area contributed by atoms with Crippen molar-refractivity contribution in [1.82, 2.24) is 10.2 Å². The Hall–Kier alpha value is -3.41. The fourth-order valence-corrected chi connectivity index (χ4v) is 2.43. The molecule has 0 saturated heterocycles. The van der Waals surface area contributed by atoms with Crippen LogP contribution in [0.1, 0.15) is 26.4 Å². The second kappa shape index (κ2) is 7.00. The number of anilines is 2. The summed E-state index contributed by atoms with van der Waals surface area (Å²) in [6.45, 7) is 1.85.